The van der Waals surface area contributed by atoms with Crippen LogP contribution in [-0.2, 0) is 33.2 Å². The Morgan fingerprint density at radius 1 is 0.540 bits per heavy atom. The molecule has 0 heterocycles. The summed E-state index contributed by atoms with van der Waals surface area (Å²) in [6.07, 6.45) is 2.58. The fourth-order valence-electron chi connectivity index (χ4n) is 3.09. The molecule has 0 bridgehead atoms. The van der Waals surface area contributed by atoms with Crippen LogP contribution in [0.3, 0.4) is 0 Å². The van der Waals surface area contributed by atoms with Crippen molar-refractivity contribution in [1.29, 1.82) is 0 Å². The van der Waals surface area contributed by atoms with E-state index in [1.54, 1.807) is 20.8 Å². The summed E-state index contributed by atoms with van der Waals surface area (Å²) in [6, 6.07) is 0. The molecule has 50 heavy (non-hydrogen) atoms. The molecule has 13 nitrogen and oxygen atoms in total. The van der Waals surface area contributed by atoms with Crippen LogP contribution in [0.4, 0.5) is 0 Å². The number of carbonyl (C=O) groups excluding carboxylic acids is 3. The maximum absolute atomic E-state index is 11.2. The lowest BCUT2D eigenvalue weighted by atomic mass is 10.2. The molecule has 0 aromatic carbocycles. The predicted octanol–water partition coefficient (Wildman–Crippen LogP) is 3.12. The third-order valence-electron chi connectivity index (χ3n) is 7.96. The monoisotopic (exact) mass is 737 g/mol. The maximum atomic E-state index is 11.2. The zero-order valence-corrected chi connectivity index (χ0v) is 35.0. The molecule has 0 fully saturated rings. The third-order valence-corrected chi connectivity index (χ3v) is 7.96. The Bertz CT molecular complexity index is 973. The number of ether oxygens (including phenoxy) is 3. The molecule has 0 aliphatic carbocycles. The second kappa shape index (κ2) is 26.4. The Morgan fingerprint density at radius 3 is 0.820 bits per heavy atom. The average Bonchev–Trinajstić information content (AvgIpc) is 2.97. The second-order valence-electron chi connectivity index (χ2n) is 14.7. The Morgan fingerprint density at radius 2 is 0.700 bits per heavy atom. The van der Waals surface area contributed by atoms with Gasteiger partial charge in [-0.15, -0.1) is 0 Å². The van der Waals surface area contributed by atoms with Gasteiger partial charge in [-0.1, -0.05) is 19.7 Å². The van der Waals surface area contributed by atoms with Crippen molar-refractivity contribution in [2.75, 3.05) is 81.6 Å². The Hall–Kier alpha value is -2.38. The van der Waals surface area contributed by atoms with E-state index in [2.05, 4.69) is 82.8 Å². The lowest BCUT2D eigenvalue weighted by Gasteiger charge is -2.36. The SMILES string of the molecule is C=C(C)C(=O)OC(C)CC[N+](C)(C)CC.C=C(C)C(=O)OC(C)CC[N+](C)(C)CC.C=C(C)C(=O)OC(C)CC[N+](C)(C)CC.O=P([O-])([O-])[O-]. The average molecular weight is 738 g/mol. The van der Waals surface area contributed by atoms with Crippen LogP contribution in [-0.4, -0.2) is 131 Å². The Kier molecular flexibility index (Phi) is 28.7. The van der Waals surface area contributed by atoms with Gasteiger partial charge in [-0.3, -0.25) is 0 Å². The molecular formula is C36H72N3O10P. The minimum Gasteiger partial charge on any atom is -0.822 e. The van der Waals surface area contributed by atoms with E-state index in [4.69, 9.17) is 33.5 Å². The van der Waals surface area contributed by atoms with Gasteiger partial charge in [-0.2, -0.15) is 7.82 Å². The van der Waals surface area contributed by atoms with Gasteiger partial charge in [0.15, 0.2) is 0 Å². The summed E-state index contributed by atoms with van der Waals surface area (Å²) >= 11 is 0. The van der Waals surface area contributed by atoms with Gasteiger partial charge < -0.3 is 46.9 Å². The van der Waals surface area contributed by atoms with Crippen LogP contribution in [0, 0.1) is 0 Å². The lowest BCUT2D eigenvalue weighted by molar-refractivity contribution is -0.889. The van der Waals surface area contributed by atoms with Crippen molar-refractivity contribution in [2.45, 2.75) is 99.9 Å². The normalized spacial score (nSPS) is 13.2. The van der Waals surface area contributed by atoms with Gasteiger partial charge in [0.2, 0.25) is 0 Å². The fraction of sp³-hybridized carbons (Fsp3) is 0.750. The first-order chi connectivity index (χ1) is 22.3. The van der Waals surface area contributed by atoms with Gasteiger partial charge in [0.05, 0.1) is 81.6 Å². The van der Waals surface area contributed by atoms with Crippen LogP contribution in [0.25, 0.3) is 0 Å². The Labute approximate surface area is 304 Å². The highest BCUT2D eigenvalue weighted by Crippen LogP contribution is 2.09. The number of nitrogens with zero attached hydrogens (tertiary/aromatic N) is 3. The summed E-state index contributed by atoms with van der Waals surface area (Å²) in [5.41, 5.74) is 1.39. The van der Waals surface area contributed by atoms with Crippen molar-refractivity contribution >= 4 is 25.7 Å². The molecular weight excluding hydrogens is 665 g/mol. The quantitative estimate of drug-likeness (QED) is 0.0671. The molecule has 0 aromatic heterocycles. The van der Waals surface area contributed by atoms with E-state index in [0.29, 0.717) is 16.7 Å². The van der Waals surface area contributed by atoms with Crippen LogP contribution in [0.1, 0.15) is 81.6 Å². The van der Waals surface area contributed by atoms with Gasteiger partial charge in [0.1, 0.15) is 18.3 Å². The topological polar surface area (TPSA) is 165 Å². The van der Waals surface area contributed by atoms with Crippen LogP contribution < -0.4 is 14.7 Å². The molecule has 3 atom stereocenters. The van der Waals surface area contributed by atoms with Crippen LogP contribution in [0.15, 0.2) is 36.5 Å². The summed E-state index contributed by atoms with van der Waals surface area (Å²) < 4.78 is 27.0. The number of carbonyl (C=O) groups is 3. The zero-order valence-electron chi connectivity index (χ0n) is 34.1. The standard InChI is InChI=1S/3C12H24NO2.H3O4P/c3*1-7-13(5,6)9-8-11(4)15-12(14)10(2)3;1-5(2,3)4/h3*11H,2,7-9H2,1,3-6H3;(H3,1,2,3,4)/q3*+1;/p-3. The molecule has 3 unspecified atom stereocenters. The molecule has 0 rings (SSSR count). The number of esters is 3. The molecule has 0 spiro atoms. The van der Waals surface area contributed by atoms with Crippen molar-refractivity contribution in [1.82, 2.24) is 0 Å². The van der Waals surface area contributed by atoms with Gasteiger partial charge in [-0.25, -0.2) is 14.4 Å². The molecule has 0 amide bonds. The van der Waals surface area contributed by atoms with E-state index in [0.717, 1.165) is 72.0 Å². The number of hydrogen-bond donors (Lipinski definition) is 0. The van der Waals surface area contributed by atoms with Crippen LogP contribution in [0.5, 0.6) is 0 Å². The van der Waals surface area contributed by atoms with E-state index in [1.807, 2.05) is 20.8 Å². The van der Waals surface area contributed by atoms with Crippen molar-refractivity contribution in [3.8, 4) is 0 Å². The lowest BCUT2D eigenvalue weighted by Crippen LogP contribution is -2.41. The number of hydrogen-bond acceptors (Lipinski definition) is 10. The molecule has 296 valence electrons. The second-order valence-corrected chi connectivity index (χ2v) is 15.6. The van der Waals surface area contributed by atoms with Crippen molar-refractivity contribution < 1.29 is 61.3 Å². The van der Waals surface area contributed by atoms with E-state index in [9.17, 15) is 14.4 Å². The van der Waals surface area contributed by atoms with Crippen molar-refractivity contribution in [3.63, 3.8) is 0 Å². The summed E-state index contributed by atoms with van der Waals surface area (Å²) in [5, 5.41) is 0. The highest BCUT2D eigenvalue weighted by atomic mass is 31.2. The summed E-state index contributed by atoms with van der Waals surface area (Å²) in [5.74, 6) is -0.863. The molecule has 0 saturated carbocycles. The highest BCUT2D eigenvalue weighted by molar-refractivity contribution is 7.40. The molecule has 0 aliphatic rings. The highest BCUT2D eigenvalue weighted by Gasteiger charge is 2.19. The third kappa shape index (κ3) is 38.4. The van der Waals surface area contributed by atoms with Gasteiger partial charge in [0.25, 0.3) is 0 Å². The summed E-state index contributed by atoms with van der Waals surface area (Å²) in [4.78, 5) is 59.3. The zero-order chi connectivity index (χ0) is 40.7. The number of rotatable bonds is 18. The Balaban J connectivity index is -0.000000296. The number of quaternary nitrogens is 3. The van der Waals surface area contributed by atoms with Gasteiger partial charge in [0, 0.05) is 36.0 Å². The van der Waals surface area contributed by atoms with Crippen LogP contribution >= 0.6 is 7.82 Å². The first-order valence-corrected chi connectivity index (χ1v) is 18.6. The molecule has 0 aliphatic heterocycles. The van der Waals surface area contributed by atoms with Crippen molar-refractivity contribution in [3.05, 3.63) is 36.5 Å². The summed E-state index contributed by atoms with van der Waals surface area (Å²) in [7, 11) is 7.65. The summed E-state index contributed by atoms with van der Waals surface area (Å²) in [6.45, 7) is 34.2. The first kappa shape index (κ1) is 54.4. The molecule has 0 N–H and O–H groups in total. The van der Waals surface area contributed by atoms with E-state index in [1.165, 1.54) is 0 Å². The van der Waals surface area contributed by atoms with Crippen molar-refractivity contribution in [2.24, 2.45) is 0 Å². The van der Waals surface area contributed by atoms with Gasteiger partial charge in [-0.05, 0) is 62.3 Å². The largest absolute Gasteiger partial charge is 0.822 e. The minimum absolute atomic E-state index is 0.0295. The predicted molar refractivity (Wildman–Crippen MR) is 195 cm³/mol. The molecule has 0 radical (unpaired) electrons. The van der Waals surface area contributed by atoms with E-state index in [-0.39, 0.29) is 36.2 Å². The van der Waals surface area contributed by atoms with Gasteiger partial charge >= 0.3 is 17.9 Å². The van der Waals surface area contributed by atoms with Crippen LogP contribution in [0.2, 0.25) is 0 Å². The van der Waals surface area contributed by atoms with E-state index >= 15 is 0 Å². The van der Waals surface area contributed by atoms with E-state index < -0.39 is 7.82 Å². The fourth-order valence-corrected chi connectivity index (χ4v) is 3.09. The first-order valence-electron chi connectivity index (χ1n) is 17.1. The smallest absolute Gasteiger partial charge is 0.333 e. The minimum atomic E-state index is -5.39. The molecule has 0 aromatic rings. The molecule has 14 heteroatoms. The maximum Gasteiger partial charge on any atom is 0.333 e. The molecule has 0 saturated heterocycles. The number of phosphoric acid groups is 1.